The molecule has 1 heterocycles. The molecule has 2 rings (SSSR count). The van der Waals surface area contributed by atoms with Crippen molar-refractivity contribution in [3.63, 3.8) is 0 Å². The summed E-state index contributed by atoms with van der Waals surface area (Å²) in [6.45, 7) is 6.56. The Labute approximate surface area is 185 Å². The number of likely N-dealkylation sites (tertiary alicyclic amines) is 1. The molecule has 1 aliphatic rings. The quantitative estimate of drug-likeness (QED) is 0.354. The minimum Gasteiger partial charge on any atom is -0.496 e. The zero-order valence-electron chi connectivity index (χ0n) is 17.2. The van der Waals surface area contributed by atoms with Gasteiger partial charge < -0.3 is 25.0 Å². The average Bonchev–Trinajstić information content (AvgIpc) is 2.71. The monoisotopic (exact) mass is 504 g/mol. The third-order valence-electron chi connectivity index (χ3n) is 4.83. The number of ether oxygens (including phenoxy) is 2. The Morgan fingerprint density at radius 1 is 1.32 bits per heavy atom. The van der Waals surface area contributed by atoms with Crippen LogP contribution in [0.1, 0.15) is 38.2 Å². The maximum absolute atomic E-state index is 11.8. The van der Waals surface area contributed by atoms with Crippen LogP contribution in [0, 0.1) is 0 Å². The van der Waals surface area contributed by atoms with Crippen LogP contribution in [0.5, 0.6) is 5.75 Å². The highest BCUT2D eigenvalue weighted by Gasteiger charge is 2.24. The van der Waals surface area contributed by atoms with Gasteiger partial charge in [0.15, 0.2) is 5.96 Å². The molecule has 1 saturated heterocycles. The van der Waals surface area contributed by atoms with Crippen molar-refractivity contribution in [1.29, 1.82) is 0 Å². The first-order valence-corrected chi connectivity index (χ1v) is 9.60. The predicted molar refractivity (Wildman–Crippen MR) is 123 cm³/mol. The van der Waals surface area contributed by atoms with Gasteiger partial charge >= 0.3 is 6.09 Å². The van der Waals surface area contributed by atoms with Gasteiger partial charge in [-0.05, 0) is 31.4 Å². The lowest BCUT2D eigenvalue weighted by molar-refractivity contribution is 0.0963. The molecule has 1 aromatic rings. The number of methoxy groups -OCH3 is 1. The van der Waals surface area contributed by atoms with Crippen LogP contribution >= 0.6 is 24.0 Å². The SMILES string of the molecule is CCOC(=O)N1CCC(NC(=NC)NCC(C)c2ccccc2OC)CC1.I. The summed E-state index contributed by atoms with van der Waals surface area (Å²) in [6.07, 6.45) is 1.53. The van der Waals surface area contributed by atoms with E-state index >= 15 is 0 Å². The van der Waals surface area contributed by atoms with Gasteiger partial charge in [0.2, 0.25) is 0 Å². The molecule has 0 aromatic heterocycles. The van der Waals surface area contributed by atoms with Gasteiger partial charge in [-0.25, -0.2) is 4.79 Å². The molecule has 0 bridgehead atoms. The Morgan fingerprint density at radius 3 is 2.61 bits per heavy atom. The maximum atomic E-state index is 11.8. The standard InChI is InChI=1S/C20H32N4O3.HI/c1-5-27-20(25)24-12-10-16(11-13-24)23-19(21-3)22-14-15(2)17-8-6-7-9-18(17)26-4;/h6-9,15-16H,5,10-14H2,1-4H3,(H2,21,22,23);1H. The number of guanidine groups is 1. The number of carbonyl (C=O) groups is 1. The van der Waals surface area contributed by atoms with Crippen molar-refractivity contribution in [2.45, 2.75) is 38.6 Å². The van der Waals surface area contributed by atoms with Crippen molar-refractivity contribution in [3.05, 3.63) is 29.8 Å². The first-order valence-electron chi connectivity index (χ1n) is 9.60. The molecule has 28 heavy (non-hydrogen) atoms. The van der Waals surface area contributed by atoms with Crippen LogP contribution in [0.4, 0.5) is 4.79 Å². The number of nitrogens with one attached hydrogen (secondary N) is 2. The average molecular weight is 504 g/mol. The van der Waals surface area contributed by atoms with Crippen molar-refractivity contribution in [2.75, 3.05) is 40.4 Å². The van der Waals surface area contributed by atoms with Gasteiger partial charge in [0, 0.05) is 38.6 Å². The summed E-state index contributed by atoms with van der Waals surface area (Å²) in [5.41, 5.74) is 1.17. The molecule has 1 aliphatic heterocycles. The van der Waals surface area contributed by atoms with E-state index in [0.29, 0.717) is 25.7 Å². The Kier molecular flexibility index (Phi) is 11.0. The van der Waals surface area contributed by atoms with E-state index in [1.165, 1.54) is 5.56 Å². The topological polar surface area (TPSA) is 75.2 Å². The summed E-state index contributed by atoms with van der Waals surface area (Å²) < 4.78 is 10.5. The highest BCUT2D eigenvalue weighted by Crippen LogP contribution is 2.25. The summed E-state index contributed by atoms with van der Waals surface area (Å²) in [5.74, 6) is 1.97. The second-order valence-corrected chi connectivity index (χ2v) is 6.70. The molecule has 158 valence electrons. The molecule has 8 heteroatoms. The molecule has 1 amide bonds. The van der Waals surface area contributed by atoms with E-state index in [-0.39, 0.29) is 36.0 Å². The first-order chi connectivity index (χ1) is 13.1. The van der Waals surface area contributed by atoms with Crippen LogP contribution in [-0.4, -0.2) is 63.4 Å². The van der Waals surface area contributed by atoms with Crippen LogP contribution in [0.2, 0.25) is 0 Å². The fourth-order valence-electron chi connectivity index (χ4n) is 3.24. The van der Waals surface area contributed by atoms with Crippen LogP contribution in [0.3, 0.4) is 0 Å². The number of piperidine rings is 1. The minimum atomic E-state index is -0.218. The largest absolute Gasteiger partial charge is 0.496 e. The minimum absolute atomic E-state index is 0. The number of halogens is 1. The van der Waals surface area contributed by atoms with Crippen LogP contribution in [0.25, 0.3) is 0 Å². The molecular formula is C20H33IN4O3. The molecule has 0 spiro atoms. The van der Waals surface area contributed by atoms with E-state index in [2.05, 4.69) is 28.6 Å². The van der Waals surface area contributed by atoms with E-state index in [0.717, 1.165) is 31.1 Å². The van der Waals surface area contributed by atoms with Crippen molar-refractivity contribution in [3.8, 4) is 5.75 Å². The summed E-state index contributed by atoms with van der Waals surface area (Å²) in [6, 6.07) is 8.37. The molecule has 1 atom stereocenters. The number of aliphatic imine (C=N–C) groups is 1. The number of hydrogen-bond acceptors (Lipinski definition) is 4. The fourth-order valence-corrected chi connectivity index (χ4v) is 3.24. The van der Waals surface area contributed by atoms with Crippen LogP contribution < -0.4 is 15.4 Å². The molecule has 0 radical (unpaired) electrons. The number of amides is 1. The first kappa shape index (κ1) is 24.3. The molecular weight excluding hydrogens is 471 g/mol. The van der Waals surface area contributed by atoms with E-state index in [1.54, 1.807) is 19.1 Å². The van der Waals surface area contributed by atoms with Gasteiger partial charge in [-0.1, -0.05) is 25.1 Å². The van der Waals surface area contributed by atoms with Crippen LogP contribution in [-0.2, 0) is 4.74 Å². The van der Waals surface area contributed by atoms with E-state index in [4.69, 9.17) is 9.47 Å². The van der Waals surface area contributed by atoms with E-state index < -0.39 is 0 Å². The fraction of sp³-hybridized carbons (Fsp3) is 0.600. The zero-order chi connectivity index (χ0) is 19.6. The van der Waals surface area contributed by atoms with Crippen molar-refractivity contribution in [1.82, 2.24) is 15.5 Å². The second-order valence-electron chi connectivity index (χ2n) is 6.70. The number of benzene rings is 1. The Balaban J connectivity index is 0.00000392. The van der Waals surface area contributed by atoms with E-state index in [1.807, 2.05) is 25.1 Å². The smallest absolute Gasteiger partial charge is 0.409 e. The summed E-state index contributed by atoms with van der Waals surface area (Å²) >= 11 is 0. The van der Waals surface area contributed by atoms with Crippen molar-refractivity contribution >= 4 is 36.0 Å². The van der Waals surface area contributed by atoms with Gasteiger partial charge in [0.25, 0.3) is 0 Å². The number of hydrogen-bond donors (Lipinski definition) is 2. The van der Waals surface area contributed by atoms with Crippen molar-refractivity contribution < 1.29 is 14.3 Å². The Morgan fingerprint density at radius 2 is 2.00 bits per heavy atom. The lowest BCUT2D eigenvalue weighted by Crippen LogP contribution is -2.50. The second kappa shape index (κ2) is 12.7. The predicted octanol–water partition coefficient (Wildman–Crippen LogP) is 3.20. The van der Waals surface area contributed by atoms with Gasteiger partial charge in [-0.15, -0.1) is 24.0 Å². The van der Waals surface area contributed by atoms with Gasteiger partial charge in [-0.3, -0.25) is 4.99 Å². The molecule has 1 aromatic carbocycles. The zero-order valence-corrected chi connectivity index (χ0v) is 19.6. The third-order valence-corrected chi connectivity index (χ3v) is 4.83. The molecule has 0 aliphatic carbocycles. The number of para-hydroxylation sites is 1. The lowest BCUT2D eigenvalue weighted by Gasteiger charge is -2.32. The Bertz CT molecular complexity index is 634. The van der Waals surface area contributed by atoms with Crippen LogP contribution in [0.15, 0.2) is 29.3 Å². The molecule has 1 fully saturated rings. The molecule has 7 nitrogen and oxygen atoms in total. The summed E-state index contributed by atoms with van der Waals surface area (Å²) in [4.78, 5) is 17.9. The summed E-state index contributed by atoms with van der Waals surface area (Å²) in [7, 11) is 3.47. The lowest BCUT2D eigenvalue weighted by atomic mass is 10.00. The summed E-state index contributed by atoms with van der Waals surface area (Å²) in [5, 5.41) is 6.86. The maximum Gasteiger partial charge on any atom is 0.409 e. The highest BCUT2D eigenvalue weighted by molar-refractivity contribution is 14.0. The molecule has 1 unspecified atom stereocenters. The normalized spacial score (nSPS) is 16.0. The number of rotatable bonds is 6. The Hall–Kier alpha value is -1.71. The van der Waals surface area contributed by atoms with Gasteiger partial charge in [0.1, 0.15) is 5.75 Å². The number of nitrogens with zero attached hydrogens (tertiary/aromatic N) is 2. The van der Waals surface area contributed by atoms with Crippen molar-refractivity contribution in [2.24, 2.45) is 4.99 Å². The van der Waals surface area contributed by atoms with Gasteiger partial charge in [-0.2, -0.15) is 0 Å². The number of carbonyl (C=O) groups excluding carboxylic acids is 1. The van der Waals surface area contributed by atoms with Gasteiger partial charge in [0.05, 0.1) is 13.7 Å². The molecule has 0 saturated carbocycles. The molecule has 2 N–H and O–H groups in total. The highest BCUT2D eigenvalue weighted by atomic mass is 127. The van der Waals surface area contributed by atoms with E-state index in [9.17, 15) is 4.79 Å². The third kappa shape index (κ3) is 7.03.